The van der Waals surface area contributed by atoms with Crippen LogP contribution < -0.4 is 5.73 Å². The van der Waals surface area contributed by atoms with E-state index in [9.17, 15) is 9.90 Å². The molecule has 2 heterocycles. The van der Waals surface area contributed by atoms with Gasteiger partial charge in [0, 0.05) is 50.0 Å². The van der Waals surface area contributed by atoms with Gasteiger partial charge in [0.15, 0.2) is 0 Å². The zero-order valence-corrected chi connectivity index (χ0v) is 16.1. The Bertz CT molecular complexity index is 666. The molecule has 3 aliphatic rings. The SMILES string of the molecule is NCCO[C@@H]1C[C@H](O)C12CCN(C(=O)CCc1n[nH]c3c1CCCC3)CC2. The predicted molar refractivity (Wildman–Crippen MR) is 101 cm³/mol. The average Bonchev–Trinajstić information content (AvgIpc) is 3.12. The van der Waals surface area contributed by atoms with Crippen molar-refractivity contribution in [1.29, 1.82) is 0 Å². The highest BCUT2D eigenvalue weighted by atomic mass is 16.5. The van der Waals surface area contributed by atoms with Crippen LogP contribution in [0.15, 0.2) is 0 Å². The fourth-order valence-corrected chi connectivity index (χ4v) is 5.14. The van der Waals surface area contributed by atoms with Crippen molar-refractivity contribution in [1.82, 2.24) is 15.1 Å². The third kappa shape index (κ3) is 3.52. The van der Waals surface area contributed by atoms with Crippen molar-refractivity contribution in [3.05, 3.63) is 17.0 Å². The zero-order valence-electron chi connectivity index (χ0n) is 16.1. The van der Waals surface area contributed by atoms with Gasteiger partial charge in [-0.25, -0.2) is 0 Å². The maximum atomic E-state index is 12.7. The van der Waals surface area contributed by atoms with Gasteiger partial charge in [-0.2, -0.15) is 5.10 Å². The predicted octanol–water partition coefficient (Wildman–Crippen LogP) is 0.938. The van der Waals surface area contributed by atoms with Gasteiger partial charge in [-0.3, -0.25) is 9.89 Å². The Hall–Kier alpha value is -1.44. The van der Waals surface area contributed by atoms with Crippen LogP contribution in [-0.4, -0.2) is 64.6 Å². The lowest BCUT2D eigenvalue weighted by Crippen LogP contribution is -2.62. The van der Waals surface area contributed by atoms with Crippen molar-refractivity contribution in [2.24, 2.45) is 11.1 Å². The van der Waals surface area contributed by atoms with Gasteiger partial charge in [0.2, 0.25) is 5.91 Å². The molecule has 2 fully saturated rings. The minimum Gasteiger partial charge on any atom is -0.392 e. The molecule has 1 aromatic rings. The molecule has 27 heavy (non-hydrogen) atoms. The third-order valence-corrected chi connectivity index (χ3v) is 6.94. The molecule has 1 saturated carbocycles. The number of aromatic nitrogens is 2. The molecule has 0 aromatic carbocycles. The smallest absolute Gasteiger partial charge is 0.222 e. The molecule has 1 amide bonds. The molecule has 1 spiro atoms. The van der Waals surface area contributed by atoms with Crippen LogP contribution in [0, 0.1) is 5.41 Å². The summed E-state index contributed by atoms with van der Waals surface area (Å²) < 4.78 is 5.84. The van der Waals surface area contributed by atoms with E-state index >= 15 is 0 Å². The molecule has 2 aliphatic carbocycles. The number of aliphatic hydroxyl groups is 1. The van der Waals surface area contributed by atoms with Crippen LogP contribution >= 0.6 is 0 Å². The van der Waals surface area contributed by atoms with Crippen LogP contribution in [0.5, 0.6) is 0 Å². The van der Waals surface area contributed by atoms with Gasteiger partial charge in [-0.05, 0) is 44.1 Å². The summed E-state index contributed by atoms with van der Waals surface area (Å²) in [5.74, 6) is 0.200. The molecular formula is C20H32N4O3. The second-order valence-electron chi connectivity index (χ2n) is 8.35. The first kappa shape index (κ1) is 18.9. The Morgan fingerprint density at radius 3 is 2.85 bits per heavy atom. The Morgan fingerprint density at radius 2 is 2.11 bits per heavy atom. The molecule has 1 aromatic heterocycles. The number of piperidine rings is 1. The van der Waals surface area contributed by atoms with Gasteiger partial charge in [-0.15, -0.1) is 0 Å². The third-order valence-electron chi connectivity index (χ3n) is 6.94. The Labute approximate surface area is 160 Å². The molecule has 1 aliphatic heterocycles. The highest BCUT2D eigenvalue weighted by molar-refractivity contribution is 5.76. The lowest BCUT2D eigenvalue weighted by Gasteiger charge is -2.56. The van der Waals surface area contributed by atoms with E-state index in [4.69, 9.17) is 10.5 Å². The van der Waals surface area contributed by atoms with E-state index in [0.717, 1.165) is 37.8 Å². The second kappa shape index (κ2) is 7.89. The number of H-pyrrole nitrogens is 1. The topological polar surface area (TPSA) is 104 Å². The van der Waals surface area contributed by atoms with Crippen LogP contribution in [0.2, 0.25) is 0 Å². The monoisotopic (exact) mass is 376 g/mol. The molecule has 0 unspecified atom stereocenters. The summed E-state index contributed by atoms with van der Waals surface area (Å²) in [5, 5.41) is 17.9. The molecule has 1 saturated heterocycles. The highest BCUT2D eigenvalue weighted by Gasteiger charge is 2.56. The largest absolute Gasteiger partial charge is 0.392 e. The molecule has 2 atom stereocenters. The number of hydrogen-bond donors (Lipinski definition) is 3. The molecule has 7 heteroatoms. The van der Waals surface area contributed by atoms with Crippen LogP contribution in [0.3, 0.4) is 0 Å². The quantitative estimate of drug-likeness (QED) is 0.685. The summed E-state index contributed by atoms with van der Waals surface area (Å²) in [6.07, 6.45) is 7.94. The summed E-state index contributed by atoms with van der Waals surface area (Å²) >= 11 is 0. The number of carbonyl (C=O) groups excluding carboxylic acids is 1. The van der Waals surface area contributed by atoms with Crippen molar-refractivity contribution in [2.45, 2.75) is 70.0 Å². The van der Waals surface area contributed by atoms with Crippen LogP contribution in [-0.2, 0) is 28.8 Å². The lowest BCUT2D eigenvalue weighted by atomic mass is 9.58. The summed E-state index contributed by atoms with van der Waals surface area (Å²) in [4.78, 5) is 14.6. The Morgan fingerprint density at radius 1 is 1.33 bits per heavy atom. The second-order valence-corrected chi connectivity index (χ2v) is 8.35. The fourth-order valence-electron chi connectivity index (χ4n) is 5.14. The zero-order chi connectivity index (χ0) is 18.9. The summed E-state index contributed by atoms with van der Waals surface area (Å²) in [6.45, 7) is 2.45. The highest BCUT2D eigenvalue weighted by Crippen LogP contribution is 2.51. The molecule has 4 N–H and O–H groups in total. The maximum absolute atomic E-state index is 12.7. The number of hydrogen-bond acceptors (Lipinski definition) is 5. The first-order chi connectivity index (χ1) is 13.1. The lowest BCUT2D eigenvalue weighted by molar-refractivity contribution is -0.210. The number of likely N-dealkylation sites (tertiary alicyclic amines) is 1. The van der Waals surface area contributed by atoms with E-state index in [0.29, 0.717) is 39.1 Å². The number of aryl methyl sites for hydroxylation is 2. The van der Waals surface area contributed by atoms with E-state index < -0.39 is 0 Å². The number of aromatic amines is 1. The van der Waals surface area contributed by atoms with Gasteiger partial charge >= 0.3 is 0 Å². The summed E-state index contributed by atoms with van der Waals surface area (Å²) in [6, 6.07) is 0. The number of carbonyl (C=O) groups is 1. The van der Waals surface area contributed by atoms with Crippen LogP contribution in [0.4, 0.5) is 0 Å². The average molecular weight is 377 g/mol. The molecule has 0 bridgehead atoms. The standard InChI is InChI=1S/C20H32N4O3/c21-9-12-27-18-13-17(25)20(18)7-10-24(11-8-20)19(26)6-5-16-14-3-1-2-4-15(14)22-23-16/h17-18,25H,1-13,21H2,(H,22,23)/t17-,18+/m0/s1. The summed E-state index contributed by atoms with van der Waals surface area (Å²) in [5.41, 5.74) is 9.07. The van der Waals surface area contributed by atoms with E-state index in [1.165, 1.54) is 24.1 Å². The number of amides is 1. The number of aliphatic hydroxyl groups excluding tert-OH is 1. The van der Waals surface area contributed by atoms with Gasteiger partial charge in [0.1, 0.15) is 0 Å². The van der Waals surface area contributed by atoms with E-state index in [-0.39, 0.29) is 23.5 Å². The number of nitrogens with zero attached hydrogens (tertiary/aromatic N) is 2. The van der Waals surface area contributed by atoms with Gasteiger partial charge in [-0.1, -0.05) is 0 Å². The minimum atomic E-state index is -0.312. The van der Waals surface area contributed by atoms with Crippen LogP contribution in [0.1, 0.15) is 55.5 Å². The van der Waals surface area contributed by atoms with E-state index in [1.54, 1.807) is 0 Å². The van der Waals surface area contributed by atoms with Crippen molar-refractivity contribution in [3.63, 3.8) is 0 Å². The van der Waals surface area contributed by atoms with Crippen molar-refractivity contribution in [2.75, 3.05) is 26.2 Å². The van der Waals surface area contributed by atoms with E-state index in [1.807, 2.05) is 4.90 Å². The van der Waals surface area contributed by atoms with Gasteiger partial charge in [0.05, 0.1) is 24.5 Å². The number of nitrogens with two attached hydrogens (primary N) is 1. The Kier molecular flexibility index (Phi) is 5.53. The molecule has 7 nitrogen and oxygen atoms in total. The number of rotatable bonds is 6. The normalized spacial score (nSPS) is 26.7. The molecule has 150 valence electrons. The maximum Gasteiger partial charge on any atom is 0.222 e. The Balaban J connectivity index is 1.28. The first-order valence-electron chi connectivity index (χ1n) is 10.5. The van der Waals surface area contributed by atoms with E-state index in [2.05, 4.69) is 10.2 Å². The van der Waals surface area contributed by atoms with Crippen LogP contribution in [0.25, 0.3) is 0 Å². The van der Waals surface area contributed by atoms with Gasteiger partial charge < -0.3 is 20.5 Å². The van der Waals surface area contributed by atoms with Crippen molar-refractivity contribution < 1.29 is 14.6 Å². The van der Waals surface area contributed by atoms with Crippen molar-refractivity contribution in [3.8, 4) is 0 Å². The minimum absolute atomic E-state index is 0.0869. The number of ether oxygens (including phenoxy) is 1. The molecule has 0 radical (unpaired) electrons. The van der Waals surface area contributed by atoms with Gasteiger partial charge in [0.25, 0.3) is 0 Å². The summed E-state index contributed by atoms with van der Waals surface area (Å²) in [7, 11) is 0. The van der Waals surface area contributed by atoms with Crippen molar-refractivity contribution >= 4 is 5.91 Å². The molecular weight excluding hydrogens is 344 g/mol. The molecule has 4 rings (SSSR count). The first-order valence-corrected chi connectivity index (χ1v) is 10.5. The fraction of sp³-hybridized carbons (Fsp3) is 0.800. The number of fused-ring (bicyclic) bond motifs is 1. The number of nitrogens with one attached hydrogen (secondary N) is 1.